The van der Waals surface area contributed by atoms with E-state index in [4.69, 9.17) is 5.73 Å². The van der Waals surface area contributed by atoms with Gasteiger partial charge in [0.2, 0.25) is 0 Å². The summed E-state index contributed by atoms with van der Waals surface area (Å²) in [6, 6.07) is 7.08. The molecule has 0 bridgehead atoms. The molecule has 1 heterocycles. The number of hydrogen-bond donors (Lipinski definition) is 2. The van der Waals surface area contributed by atoms with E-state index >= 15 is 0 Å². The van der Waals surface area contributed by atoms with Crippen LogP contribution in [0.15, 0.2) is 24.3 Å². The Bertz CT molecular complexity index is 614. The smallest absolute Gasteiger partial charge is 0.358 e. The topological polar surface area (TPSA) is 94.0 Å². The van der Waals surface area contributed by atoms with E-state index in [1.54, 1.807) is 28.9 Å². The Hall–Kier alpha value is -2.37. The summed E-state index contributed by atoms with van der Waals surface area (Å²) >= 11 is 0. The third-order valence-electron chi connectivity index (χ3n) is 3.25. The average Bonchev–Trinajstić information content (AvgIpc) is 3.08. The monoisotopic (exact) mass is 258 g/mol. The van der Waals surface area contributed by atoms with E-state index in [1.807, 2.05) is 0 Å². The third-order valence-corrected chi connectivity index (χ3v) is 3.25. The minimum atomic E-state index is -1.06. The lowest BCUT2D eigenvalue weighted by molar-refractivity contribution is 0.0691. The maximum atomic E-state index is 11.2. The first-order valence-electron chi connectivity index (χ1n) is 6.18. The summed E-state index contributed by atoms with van der Waals surface area (Å²) < 4.78 is 1.69. The van der Waals surface area contributed by atoms with Crippen LogP contribution in [0, 0.1) is 5.92 Å². The van der Waals surface area contributed by atoms with Gasteiger partial charge < -0.3 is 10.8 Å². The Labute approximate surface area is 109 Å². The molecule has 6 heteroatoms. The van der Waals surface area contributed by atoms with Crippen LogP contribution in [0.4, 0.5) is 5.69 Å². The molecule has 19 heavy (non-hydrogen) atoms. The van der Waals surface area contributed by atoms with E-state index in [9.17, 15) is 9.90 Å². The molecule has 0 aliphatic heterocycles. The highest BCUT2D eigenvalue weighted by atomic mass is 16.4. The summed E-state index contributed by atoms with van der Waals surface area (Å²) in [6.07, 6.45) is 2.34. The fraction of sp³-hybridized carbons (Fsp3) is 0.308. The number of carbonyl (C=O) groups is 1. The maximum Gasteiger partial charge on any atom is 0.358 e. The number of anilines is 1. The van der Waals surface area contributed by atoms with Crippen molar-refractivity contribution in [2.45, 2.75) is 19.4 Å². The van der Waals surface area contributed by atoms with Gasteiger partial charge in [0.25, 0.3) is 0 Å². The summed E-state index contributed by atoms with van der Waals surface area (Å²) in [4.78, 5) is 11.2. The number of nitrogen functional groups attached to an aromatic ring is 1. The van der Waals surface area contributed by atoms with Crippen molar-refractivity contribution in [3.63, 3.8) is 0 Å². The quantitative estimate of drug-likeness (QED) is 0.813. The first-order chi connectivity index (χ1) is 9.15. The van der Waals surface area contributed by atoms with Crippen LogP contribution in [0.1, 0.15) is 23.3 Å². The number of benzene rings is 1. The Morgan fingerprint density at radius 1 is 1.37 bits per heavy atom. The summed E-state index contributed by atoms with van der Waals surface area (Å²) in [6.45, 7) is 0.722. The van der Waals surface area contributed by atoms with Crippen LogP contribution in [0.5, 0.6) is 0 Å². The van der Waals surface area contributed by atoms with Crippen LogP contribution in [-0.4, -0.2) is 26.1 Å². The number of carboxylic acid groups (broad SMARTS) is 1. The van der Waals surface area contributed by atoms with Gasteiger partial charge in [-0.3, -0.25) is 0 Å². The molecule has 0 atom stereocenters. The summed E-state index contributed by atoms with van der Waals surface area (Å²) in [7, 11) is 0. The zero-order valence-corrected chi connectivity index (χ0v) is 10.3. The second kappa shape index (κ2) is 4.38. The van der Waals surface area contributed by atoms with E-state index in [0.29, 0.717) is 17.3 Å². The molecule has 0 unspecified atom stereocenters. The van der Waals surface area contributed by atoms with Crippen molar-refractivity contribution in [1.82, 2.24) is 15.0 Å². The summed E-state index contributed by atoms with van der Waals surface area (Å²) in [5.74, 6) is -0.468. The molecular formula is C13H14N4O2. The van der Waals surface area contributed by atoms with Crippen molar-refractivity contribution in [3.05, 3.63) is 30.0 Å². The van der Waals surface area contributed by atoms with E-state index in [0.717, 1.165) is 12.1 Å². The molecule has 1 saturated carbocycles. The maximum absolute atomic E-state index is 11.2. The minimum absolute atomic E-state index is 0.00887. The van der Waals surface area contributed by atoms with E-state index in [2.05, 4.69) is 10.3 Å². The molecule has 0 spiro atoms. The standard InChI is InChI=1S/C13H14N4O2/c14-10-5-3-9(4-6-10)12-11(13(18)19)15-16-17(12)7-8-1-2-8/h3-6,8H,1-2,7,14H2,(H,18,19). The molecule has 1 aromatic heterocycles. The first-order valence-corrected chi connectivity index (χ1v) is 6.18. The number of aromatic carboxylic acids is 1. The third kappa shape index (κ3) is 2.29. The van der Waals surface area contributed by atoms with Crippen LogP contribution in [0.2, 0.25) is 0 Å². The lowest BCUT2D eigenvalue weighted by atomic mass is 10.1. The van der Waals surface area contributed by atoms with E-state index in [1.165, 1.54) is 12.8 Å². The highest BCUT2D eigenvalue weighted by molar-refractivity contribution is 5.92. The largest absolute Gasteiger partial charge is 0.476 e. The molecule has 0 amide bonds. The number of nitrogens with zero attached hydrogens (tertiary/aromatic N) is 3. The number of rotatable bonds is 4. The van der Waals surface area contributed by atoms with Gasteiger partial charge in [0, 0.05) is 17.8 Å². The number of hydrogen-bond acceptors (Lipinski definition) is 4. The molecule has 0 saturated heterocycles. The van der Waals surface area contributed by atoms with Crippen molar-refractivity contribution in [2.24, 2.45) is 5.92 Å². The number of nitrogens with two attached hydrogens (primary N) is 1. The predicted molar refractivity (Wildman–Crippen MR) is 69.6 cm³/mol. The van der Waals surface area contributed by atoms with Gasteiger partial charge in [-0.2, -0.15) is 0 Å². The first kappa shape index (κ1) is 11.7. The SMILES string of the molecule is Nc1ccc(-c2c(C(=O)O)nnn2CC2CC2)cc1. The average molecular weight is 258 g/mol. The second-order valence-corrected chi connectivity index (χ2v) is 4.84. The molecule has 98 valence electrons. The molecule has 1 aromatic carbocycles. The fourth-order valence-corrected chi connectivity index (χ4v) is 2.06. The lowest BCUT2D eigenvalue weighted by Gasteiger charge is -2.06. The zero-order valence-electron chi connectivity index (χ0n) is 10.3. The van der Waals surface area contributed by atoms with Crippen molar-refractivity contribution in [2.75, 3.05) is 5.73 Å². The molecule has 1 fully saturated rings. The highest BCUT2D eigenvalue weighted by Gasteiger charge is 2.26. The molecule has 3 rings (SSSR count). The van der Waals surface area contributed by atoms with Gasteiger partial charge in [0.05, 0.1) is 0 Å². The van der Waals surface area contributed by atoms with Crippen LogP contribution >= 0.6 is 0 Å². The predicted octanol–water partition coefficient (Wildman–Crippen LogP) is 1.64. The molecule has 0 radical (unpaired) electrons. The highest BCUT2D eigenvalue weighted by Crippen LogP contribution is 2.32. The zero-order chi connectivity index (χ0) is 13.4. The Morgan fingerprint density at radius 3 is 2.63 bits per heavy atom. The van der Waals surface area contributed by atoms with Crippen LogP contribution in [0.3, 0.4) is 0 Å². The molecule has 1 aliphatic rings. The van der Waals surface area contributed by atoms with Crippen LogP contribution in [0.25, 0.3) is 11.3 Å². The van der Waals surface area contributed by atoms with Gasteiger partial charge in [-0.15, -0.1) is 5.10 Å². The molecule has 1 aliphatic carbocycles. The van der Waals surface area contributed by atoms with Crippen molar-refractivity contribution in [1.29, 1.82) is 0 Å². The van der Waals surface area contributed by atoms with Gasteiger partial charge in [-0.05, 0) is 30.9 Å². The van der Waals surface area contributed by atoms with Gasteiger partial charge in [0.1, 0.15) is 5.69 Å². The van der Waals surface area contributed by atoms with Crippen molar-refractivity contribution >= 4 is 11.7 Å². The summed E-state index contributed by atoms with van der Waals surface area (Å²) in [5.41, 5.74) is 7.61. The fourth-order valence-electron chi connectivity index (χ4n) is 2.06. The summed E-state index contributed by atoms with van der Waals surface area (Å²) in [5, 5.41) is 17.0. The van der Waals surface area contributed by atoms with Crippen molar-refractivity contribution < 1.29 is 9.90 Å². The normalized spacial score (nSPS) is 14.5. The molecule has 2 aromatic rings. The Balaban J connectivity index is 2.06. The van der Waals surface area contributed by atoms with E-state index in [-0.39, 0.29) is 5.69 Å². The Kier molecular flexibility index (Phi) is 2.70. The van der Waals surface area contributed by atoms with Gasteiger partial charge >= 0.3 is 5.97 Å². The van der Waals surface area contributed by atoms with Crippen molar-refractivity contribution in [3.8, 4) is 11.3 Å². The van der Waals surface area contributed by atoms with Crippen LogP contribution in [-0.2, 0) is 6.54 Å². The van der Waals surface area contributed by atoms with Crippen LogP contribution < -0.4 is 5.73 Å². The van der Waals surface area contributed by atoms with Gasteiger partial charge in [0.15, 0.2) is 5.69 Å². The lowest BCUT2D eigenvalue weighted by Crippen LogP contribution is -2.06. The van der Waals surface area contributed by atoms with E-state index < -0.39 is 5.97 Å². The second-order valence-electron chi connectivity index (χ2n) is 4.84. The minimum Gasteiger partial charge on any atom is -0.476 e. The molecule has 6 nitrogen and oxygen atoms in total. The number of carboxylic acids is 1. The van der Waals surface area contributed by atoms with Gasteiger partial charge in [-0.1, -0.05) is 17.3 Å². The Morgan fingerprint density at radius 2 is 2.05 bits per heavy atom. The number of aromatic nitrogens is 3. The van der Waals surface area contributed by atoms with Gasteiger partial charge in [-0.25, -0.2) is 9.48 Å². The molecule has 3 N–H and O–H groups in total. The molecular weight excluding hydrogens is 244 g/mol.